The third-order valence-electron chi connectivity index (χ3n) is 4.04. The van der Waals surface area contributed by atoms with Gasteiger partial charge in [0.1, 0.15) is 5.75 Å². The van der Waals surface area contributed by atoms with Gasteiger partial charge >= 0.3 is 0 Å². The monoisotopic (exact) mass is 276 g/mol. The van der Waals surface area contributed by atoms with Crippen molar-refractivity contribution in [3.8, 4) is 5.75 Å². The SMILES string of the molecule is CN(CC1(O)CCNC1)C(=O)c1ccc2c(c1)CCO2. The van der Waals surface area contributed by atoms with Crippen molar-refractivity contribution in [1.82, 2.24) is 10.2 Å². The van der Waals surface area contributed by atoms with Crippen LogP contribution in [0.4, 0.5) is 0 Å². The standard InChI is InChI=1S/C15H20N2O3/c1-17(10-15(19)5-6-16-9-15)14(18)12-2-3-13-11(8-12)4-7-20-13/h2-3,8,16,19H,4-7,9-10H2,1H3. The second kappa shape index (κ2) is 5.07. The number of rotatable bonds is 3. The highest BCUT2D eigenvalue weighted by molar-refractivity contribution is 5.94. The molecule has 2 aliphatic rings. The number of likely N-dealkylation sites (N-methyl/N-ethyl adjacent to an activating group) is 1. The average molecular weight is 276 g/mol. The number of nitrogens with zero attached hydrogens (tertiary/aromatic N) is 1. The first-order valence-electron chi connectivity index (χ1n) is 7.02. The van der Waals surface area contributed by atoms with Gasteiger partial charge in [0.2, 0.25) is 0 Å². The van der Waals surface area contributed by atoms with Crippen molar-refractivity contribution in [2.24, 2.45) is 0 Å². The van der Waals surface area contributed by atoms with Gasteiger partial charge in [0.15, 0.2) is 0 Å². The number of amides is 1. The molecule has 0 aliphatic carbocycles. The van der Waals surface area contributed by atoms with E-state index in [0.29, 0.717) is 31.7 Å². The number of ether oxygens (including phenoxy) is 1. The van der Waals surface area contributed by atoms with Gasteiger partial charge in [-0.15, -0.1) is 0 Å². The van der Waals surface area contributed by atoms with Gasteiger partial charge in [0.05, 0.1) is 18.8 Å². The van der Waals surface area contributed by atoms with E-state index < -0.39 is 5.60 Å². The first-order valence-corrected chi connectivity index (χ1v) is 7.02. The number of nitrogens with one attached hydrogen (secondary N) is 1. The van der Waals surface area contributed by atoms with Crippen LogP contribution in [-0.4, -0.2) is 54.8 Å². The highest BCUT2D eigenvalue weighted by atomic mass is 16.5. The fourth-order valence-electron chi connectivity index (χ4n) is 2.92. The molecule has 3 rings (SSSR count). The van der Waals surface area contributed by atoms with Crippen LogP contribution in [0.3, 0.4) is 0 Å². The van der Waals surface area contributed by atoms with Crippen molar-refractivity contribution < 1.29 is 14.6 Å². The van der Waals surface area contributed by atoms with Crippen LogP contribution in [0.15, 0.2) is 18.2 Å². The van der Waals surface area contributed by atoms with Crippen molar-refractivity contribution in [2.75, 3.05) is 33.3 Å². The zero-order valence-electron chi connectivity index (χ0n) is 11.7. The summed E-state index contributed by atoms with van der Waals surface area (Å²) < 4.78 is 5.44. The van der Waals surface area contributed by atoms with Crippen LogP contribution in [-0.2, 0) is 6.42 Å². The fraction of sp³-hybridized carbons (Fsp3) is 0.533. The minimum atomic E-state index is -0.801. The third-order valence-corrected chi connectivity index (χ3v) is 4.04. The van der Waals surface area contributed by atoms with E-state index in [9.17, 15) is 9.90 Å². The molecule has 0 radical (unpaired) electrons. The van der Waals surface area contributed by atoms with Gasteiger partial charge in [0.25, 0.3) is 5.91 Å². The second-order valence-corrected chi connectivity index (χ2v) is 5.73. The Morgan fingerprint density at radius 2 is 2.40 bits per heavy atom. The summed E-state index contributed by atoms with van der Waals surface area (Å²) in [5, 5.41) is 13.5. The lowest BCUT2D eigenvalue weighted by Crippen LogP contribution is -2.45. The highest BCUT2D eigenvalue weighted by Crippen LogP contribution is 2.26. The van der Waals surface area contributed by atoms with Crippen LogP contribution >= 0.6 is 0 Å². The molecule has 1 saturated heterocycles. The van der Waals surface area contributed by atoms with E-state index in [2.05, 4.69) is 5.32 Å². The van der Waals surface area contributed by atoms with E-state index in [4.69, 9.17) is 4.74 Å². The largest absolute Gasteiger partial charge is 0.493 e. The van der Waals surface area contributed by atoms with Crippen molar-refractivity contribution in [3.05, 3.63) is 29.3 Å². The van der Waals surface area contributed by atoms with Gasteiger partial charge in [0, 0.05) is 25.6 Å². The van der Waals surface area contributed by atoms with Crippen LogP contribution in [0.2, 0.25) is 0 Å². The Morgan fingerprint density at radius 3 is 3.15 bits per heavy atom. The summed E-state index contributed by atoms with van der Waals surface area (Å²) in [6.45, 7) is 2.39. The Morgan fingerprint density at radius 1 is 1.55 bits per heavy atom. The van der Waals surface area contributed by atoms with Crippen molar-refractivity contribution in [1.29, 1.82) is 0 Å². The van der Waals surface area contributed by atoms with Crippen molar-refractivity contribution in [2.45, 2.75) is 18.4 Å². The Hall–Kier alpha value is -1.59. The summed E-state index contributed by atoms with van der Waals surface area (Å²) in [5.41, 5.74) is 0.946. The van der Waals surface area contributed by atoms with E-state index in [1.165, 1.54) is 0 Å². The molecule has 5 heteroatoms. The molecule has 1 fully saturated rings. The first-order chi connectivity index (χ1) is 9.57. The van der Waals surface area contributed by atoms with Crippen molar-refractivity contribution in [3.63, 3.8) is 0 Å². The van der Waals surface area contributed by atoms with Gasteiger partial charge in [-0.1, -0.05) is 0 Å². The van der Waals surface area contributed by atoms with E-state index in [-0.39, 0.29) is 5.91 Å². The predicted molar refractivity (Wildman–Crippen MR) is 75.0 cm³/mol. The number of hydrogen-bond donors (Lipinski definition) is 2. The Labute approximate surface area is 118 Å². The van der Waals surface area contributed by atoms with E-state index >= 15 is 0 Å². The molecular formula is C15H20N2O3. The minimum absolute atomic E-state index is 0.0555. The summed E-state index contributed by atoms with van der Waals surface area (Å²) in [4.78, 5) is 14.0. The summed E-state index contributed by atoms with van der Waals surface area (Å²) in [5.74, 6) is 0.822. The lowest BCUT2D eigenvalue weighted by atomic mass is 10.0. The third kappa shape index (κ3) is 2.51. The van der Waals surface area contributed by atoms with Crippen LogP contribution in [0, 0.1) is 0 Å². The summed E-state index contributed by atoms with van der Waals surface area (Å²) in [6.07, 6.45) is 1.54. The van der Waals surface area contributed by atoms with Gasteiger partial charge < -0.3 is 20.1 Å². The molecule has 0 aromatic heterocycles. The quantitative estimate of drug-likeness (QED) is 0.840. The zero-order chi connectivity index (χ0) is 14.2. The predicted octanol–water partition coefficient (Wildman–Crippen LogP) is 0.418. The average Bonchev–Trinajstić information content (AvgIpc) is 3.05. The molecule has 0 saturated carbocycles. The molecule has 2 heterocycles. The molecule has 2 N–H and O–H groups in total. The first kappa shape index (κ1) is 13.4. The van der Waals surface area contributed by atoms with Crippen LogP contribution in [0.5, 0.6) is 5.75 Å². The molecule has 1 aromatic rings. The molecule has 1 unspecified atom stereocenters. The second-order valence-electron chi connectivity index (χ2n) is 5.73. The van der Waals surface area contributed by atoms with Gasteiger partial charge in [-0.25, -0.2) is 0 Å². The molecule has 1 atom stereocenters. The Bertz CT molecular complexity index is 524. The molecule has 5 nitrogen and oxygen atoms in total. The van der Waals surface area contributed by atoms with Crippen molar-refractivity contribution >= 4 is 5.91 Å². The van der Waals surface area contributed by atoms with Gasteiger partial charge in [-0.2, -0.15) is 0 Å². The topological polar surface area (TPSA) is 61.8 Å². The normalized spacial score (nSPS) is 24.3. The van der Waals surface area contributed by atoms with Crippen LogP contribution < -0.4 is 10.1 Å². The van der Waals surface area contributed by atoms with Gasteiger partial charge in [-0.3, -0.25) is 4.79 Å². The Kier molecular flexibility index (Phi) is 3.40. The zero-order valence-corrected chi connectivity index (χ0v) is 11.7. The fourth-order valence-corrected chi connectivity index (χ4v) is 2.92. The minimum Gasteiger partial charge on any atom is -0.493 e. The number of carbonyl (C=O) groups is 1. The lowest BCUT2D eigenvalue weighted by molar-refractivity contribution is 0.0252. The van der Waals surface area contributed by atoms with Crippen LogP contribution in [0.25, 0.3) is 0 Å². The molecule has 2 aliphatic heterocycles. The maximum absolute atomic E-state index is 12.4. The smallest absolute Gasteiger partial charge is 0.253 e. The van der Waals surface area contributed by atoms with Crippen LogP contribution in [0.1, 0.15) is 22.3 Å². The number of carbonyl (C=O) groups excluding carboxylic acids is 1. The molecule has 1 aromatic carbocycles. The number of benzene rings is 1. The molecule has 20 heavy (non-hydrogen) atoms. The summed E-state index contributed by atoms with van der Waals surface area (Å²) >= 11 is 0. The summed E-state index contributed by atoms with van der Waals surface area (Å²) in [6, 6.07) is 5.55. The lowest BCUT2D eigenvalue weighted by Gasteiger charge is -2.28. The number of hydrogen-bond acceptors (Lipinski definition) is 4. The van der Waals surface area contributed by atoms with E-state index in [0.717, 1.165) is 24.3 Å². The maximum atomic E-state index is 12.4. The molecule has 1 amide bonds. The maximum Gasteiger partial charge on any atom is 0.253 e. The van der Waals surface area contributed by atoms with Gasteiger partial charge in [-0.05, 0) is 36.7 Å². The highest BCUT2D eigenvalue weighted by Gasteiger charge is 2.33. The molecule has 0 bridgehead atoms. The number of aliphatic hydroxyl groups is 1. The van der Waals surface area contributed by atoms with E-state index in [1.54, 1.807) is 18.0 Å². The number of β-amino-alcohol motifs (C(OH)–C–C–N with tert-alkyl or cyclic N) is 1. The molecular weight excluding hydrogens is 256 g/mol. The number of fused-ring (bicyclic) bond motifs is 1. The molecule has 0 spiro atoms. The van der Waals surface area contributed by atoms with E-state index in [1.807, 2.05) is 12.1 Å². The molecule has 108 valence electrons. The summed E-state index contributed by atoms with van der Waals surface area (Å²) in [7, 11) is 1.74. The Balaban J connectivity index is 1.71.